The van der Waals surface area contributed by atoms with Crippen molar-refractivity contribution in [3.8, 4) is 0 Å². The van der Waals surface area contributed by atoms with Crippen LogP contribution in [0.1, 0.15) is 6.92 Å². The molecule has 0 saturated carbocycles. The molecule has 0 radical (unpaired) electrons. The van der Waals surface area contributed by atoms with E-state index >= 15 is 0 Å². The third-order valence-corrected chi connectivity index (χ3v) is 4.97. The molecule has 2 aromatic carbocycles. The van der Waals surface area contributed by atoms with E-state index in [2.05, 4.69) is 27.6 Å². The molecule has 116 valence electrons. The Kier molecular flexibility index (Phi) is 5.70. The summed E-state index contributed by atoms with van der Waals surface area (Å²) in [5.74, 6) is 0.433. The number of nitrogens with zero attached hydrogens (tertiary/aromatic N) is 2. The van der Waals surface area contributed by atoms with Crippen molar-refractivity contribution >= 4 is 34.0 Å². The number of thiol groups is 1. The highest BCUT2D eigenvalue weighted by Gasteiger charge is 2.16. The highest BCUT2D eigenvalue weighted by Crippen LogP contribution is 2.20. The van der Waals surface area contributed by atoms with Crippen LogP contribution in [-0.4, -0.2) is 20.2 Å². The maximum absolute atomic E-state index is 12.1. The van der Waals surface area contributed by atoms with Gasteiger partial charge in [0, 0.05) is 11.8 Å². The van der Waals surface area contributed by atoms with Gasteiger partial charge in [0.1, 0.15) is 0 Å². The van der Waals surface area contributed by atoms with Gasteiger partial charge in [0.05, 0.1) is 16.3 Å². The summed E-state index contributed by atoms with van der Waals surface area (Å²) in [7, 11) is -3.53. The minimum Gasteiger partial charge on any atom is -0.208 e. The Balaban J connectivity index is 2.12. The molecule has 0 bridgehead atoms. The van der Waals surface area contributed by atoms with Crippen LogP contribution in [0.5, 0.6) is 0 Å². The van der Waals surface area contributed by atoms with Crippen LogP contribution in [0.4, 0.5) is 11.4 Å². The zero-order chi connectivity index (χ0) is 16.0. The van der Waals surface area contributed by atoms with Crippen LogP contribution in [0.25, 0.3) is 0 Å². The Hall–Kier alpha value is -1.70. The minimum absolute atomic E-state index is 0.194. The predicted octanol–water partition coefficient (Wildman–Crippen LogP) is 3.70. The van der Waals surface area contributed by atoms with Gasteiger partial charge in [0.25, 0.3) is 0 Å². The quantitative estimate of drug-likeness (QED) is 0.624. The number of benzene rings is 2. The summed E-state index contributed by atoms with van der Waals surface area (Å²) >= 11 is 4.06. The van der Waals surface area contributed by atoms with Gasteiger partial charge in [-0.05, 0) is 43.3 Å². The molecule has 2 aromatic rings. The molecule has 0 amide bonds. The molecular weight excluding hydrogens is 318 g/mol. The monoisotopic (exact) mass is 335 g/mol. The molecule has 0 aliphatic heterocycles. The van der Waals surface area contributed by atoms with E-state index in [1.54, 1.807) is 19.1 Å². The van der Waals surface area contributed by atoms with Gasteiger partial charge in [-0.25, -0.2) is 13.1 Å². The van der Waals surface area contributed by atoms with Gasteiger partial charge in [-0.1, -0.05) is 18.2 Å². The van der Waals surface area contributed by atoms with Crippen molar-refractivity contribution in [2.45, 2.75) is 17.9 Å². The van der Waals surface area contributed by atoms with Crippen LogP contribution in [0.15, 0.2) is 69.7 Å². The zero-order valence-corrected chi connectivity index (χ0v) is 13.8. The highest BCUT2D eigenvalue weighted by atomic mass is 32.2. The van der Waals surface area contributed by atoms with Crippen molar-refractivity contribution in [2.75, 3.05) is 5.75 Å². The lowest BCUT2D eigenvalue weighted by Crippen LogP contribution is -2.33. The maximum atomic E-state index is 12.1. The zero-order valence-electron chi connectivity index (χ0n) is 12.0. The van der Waals surface area contributed by atoms with Crippen LogP contribution in [-0.2, 0) is 10.0 Å². The van der Waals surface area contributed by atoms with Gasteiger partial charge >= 0.3 is 0 Å². The number of sulfonamides is 1. The summed E-state index contributed by atoms with van der Waals surface area (Å²) in [6.45, 7) is 1.76. The first-order valence-corrected chi connectivity index (χ1v) is 8.83. The summed E-state index contributed by atoms with van der Waals surface area (Å²) in [6, 6.07) is 15.3. The molecule has 22 heavy (non-hydrogen) atoms. The molecule has 1 N–H and O–H groups in total. The third kappa shape index (κ3) is 4.66. The second-order valence-corrected chi connectivity index (χ2v) is 6.81. The Labute approximate surface area is 135 Å². The average Bonchev–Trinajstić information content (AvgIpc) is 2.54. The van der Waals surface area contributed by atoms with Gasteiger partial charge in [-0.3, -0.25) is 0 Å². The second kappa shape index (κ2) is 7.53. The van der Waals surface area contributed by atoms with Gasteiger partial charge < -0.3 is 0 Å². The van der Waals surface area contributed by atoms with E-state index in [0.717, 1.165) is 5.69 Å². The van der Waals surface area contributed by atoms with Crippen molar-refractivity contribution < 1.29 is 8.42 Å². The number of azo groups is 1. The van der Waals surface area contributed by atoms with E-state index in [4.69, 9.17) is 0 Å². The summed E-state index contributed by atoms with van der Waals surface area (Å²) in [5.41, 5.74) is 1.33. The summed E-state index contributed by atoms with van der Waals surface area (Å²) < 4.78 is 26.7. The van der Waals surface area contributed by atoms with Gasteiger partial charge in [-0.15, -0.1) is 0 Å². The average molecular weight is 335 g/mol. The molecule has 5 nitrogen and oxygen atoms in total. The molecule has 0 aliphatic carbocycles. The molecule has 0 heterocycles. The normalized spacial score (nSPS) is 13.4. The van der Waals surface area contributed by atoms with Crippen LogP contribution >= 0.6 is 12.6 Å². The molecule has 0 fully saturated rings. The first-order valence-electron chi connectivity index (χ1n) is 6.71. The fraction of sp³-hybridized carbons (Fsp3) is 0.200. The fourth-order valence-corrected chi connectivity index (χ4v) is 3.13. The highest BCUT2D eigenvalue weighted by molar-refractivity contribution is 7.89. The maximum Gasteiger partial charge on any atom is 0.240 e. The third-order valence-electron chi connectivity index (χ3n) is 2.81. The van der Waals surface area contributed by atoms with Crippen molar-refractivity contribution in [1.82, 2.24) is 4.72 Å². The summed E-state index contributed by atoms with van der Waals surface area (Å²) in [6.07, 6.45) is 0. The van der Waals surface area contributed by atoms with E-state index in [0.29, 0.717) is 11.4 Å². The van der Waals surface area contributed by atoms with E-state index < -0.39 is 10.0 Å². The van der Waals surface area contributed by atoms with Gasteiger partial charge in [0.2, 0.25) is 10.0 Å². The molecule has 0 aliphatic rings. The topological polar surface area (TPSA) is 70.9 Å². The fourth-order valence-electron chi connectivity index (χ4n) is 1.67. The molecule has 0 saturated heterocycles. The molecular formula is C15H17N3O2S2. The Morgan fingerprint density at radius 3 is 2.09 bits per heavy atom. The SMILES string of the molecule is CC(CS)NS(=O)(=O)c1ccc(N=Nc2ccccc2)cc1. The molecule has 2 rings (SSSR count). The number of hydrogen-bond acceptors (Lipinski definition) is 5. The number of rotatable bonds is 6. The van der Waals surface area contributed by atoms with Crippen molar-refractivity contribution in [3.05, 3.63) is 54.6 Å². The van der Waals surface area contributed by atoms with Crippen LogP contribution in [0.2, 0.25) is 0 Å². The van der Waals surface area contributed by atoms with E-state index in [9.17, 15) is 8.42 Å². The first kappa shape index (κ1) is 16.7. The lowest BCUT2D eigenvalue weighted by molar-refractivity contribution is 0.571. The van der Waals surface area contributed by atoms with Gasteiger partial charge in [-0.2, -0.15) is 22.9 Å². The minimum atomic E-state index is -3.53. The van der Waals surface area contributed by atoms with E-state index in [1.807, 2.05) is 30.3 Å². The van der Waals surface area contributed by atoms with Crippen LogP contribution < -0.4 is 4.72 Å². The number of nitrogens with one attached hydrogen (secondary N) is 1. The van der Waals surface area contributed by atoms with E-state index in [1.165, 1.54) is 12.1 Å². The standard InChI is InChI=1S/C15H17N3O2S2/c1-12(11-21)18-22(19,20)15-9-7-14(8-10-15)17-16-13-5-3-2-4-6-13/h2-10,12,18,21H,11H2,1H3. The van der Waals surface area contributed by atoms with Crippen molar-refractivity contribution in [3.63, 3.8) is 0 Å². The molecule has 0 spiro atoms. The van der Waals surface area contributed by atoms with Crippen molar-refractivity contribution in [1.29, 1.82) is 0 Å². The van der Waals surface area contributed by atoms with Crippen LogP contribution in [0.3, 0.4) is 0 Å². The van der Waals surface area contributed by atoms with Crippen molar-refractivity contribution in [2.24, 2.45) is 10.2 Å². The van der Waals surface area contributed by atoms with Gasteiger partial charge in [0.15, 0.2) is 0 Å². The predicted molar refractivity (Wildman–Crippen MR) is 90.7 cm³/mol. The lowest BCUT2D eigenvalue weighted by atomic mass is 10.3. The van der Waals surface area contributed by atoms with Crippen LogP contribution in [0, 0.1) is 0 Å². The lowest BCUT2D eigenvalue weighted by Gasteiger charge is -2.11. The summed E-state index contributed by atoms with van der Waals surface area (Å²) in [4.78, 5) is 0.194. The molecule has 7 heteroatoms. The number of hydrogen-bond donors (Lipinski definition) is 2. The summed E-state index contributed by atoms with van der Waals surface area (Å²) in [5, 5.41) is 8.15. The molecule has 0 aromatic heterocycles. The first-order chi connectivity index (χ1) is 10.5. The largest absolute Gasteiger partial charge is 0.240 e. The molecule has 1 atom stereocenters. The second-order valence-electron chi connectivity index (χ2n) is 4.73. The Morgan fingerprint density at radius 1 is 1.00 bits per heavy atom. The molecule has 1 unspecified atom stereocenters. The Morgan fingerprint density at radius 2 is 1.55 bits per heavy atom. The Bertz CT molecular complexity index is 729. The smallest absolute Gasteiger partial charge is 0.208 e. The van der Waals surface area contributed by atoms with E-state index in [-0.39, 0.29) is 10.9 Å².